The molecule has 1 N–H and O–H groups in total. The maximum atomic E-state index is 12.9. The minimum absolute atomic E-state index is 0.00429. The second-order valence-electron chi connectivity index (χ2n) is 5.88. The summed E-state index contributed by atoms with van der Waals surface area (Å²) >= 11 is 0. The van der Waals surface area contributed by atoms with Crippen LogP contribution in [0.4, 0.5) is 0 Å². The van der Waals surface area contributed by atoms with Crippen molar-refractivity contribution in [1.29, 1.82) is 0 Å². The largest absolute Gasteiger partial charge is 0.331 e. The molecule has 2 unspecified atom stereocenters. The van der Waals surface area contributed by atoms with Crippen LogP contribution in [0.5, 0.6) is 0 Å². The Hall–Kier alpha value is -2.34. The molecule has 0 spiro atoms. The van der Waals surface area contributed by atoms with Crippen LogP contribution in [0.3, 0.4) is 0 Å². The van der Waals surface area contributed by atoms with Crippen molar-refractivity contribution in [2.75, 3.05) is 0 Å². The number of aromatic nitrogens is 3. The number of benzene rings is 1. The summed E-state index contributed by atoms with van der Waals surface area (Å²) in [5, 5.41) is 0.0547. The molecule has 2 atom stereocenters. The second kappa shape index (κ2) is 6.28. The van der Waals surface area contributed by atoms with Crippen molar-refractivity contribution in [3.05, 3.63) is 52.8 Å². The van der Waals surface area contributed by atoms with Crippen LogP contribution >= 0.6 is 0 Å². The van der Waals surface area contributed by atoms with Crippen molar-refractivity contribution in [3.63, 3.8) is 0 Å². The first-order valence-electron chi connectivity index (χ1n) is 7.72. The molecular formula is C18H19N3O2S. The quantitative estimate of drug-likeness (QED) is 0.735. The number of ketones is 1. The van der Waals surface area contributed by atoms with Gasteiger partial charge in [0.05, 0.1) is 32.8 Å². The fraction of sp³-hybridized carbons (Fsp3) is 0.278. The van der Waals surface area contributed by atoms with Gasteiger partial charge in [-0.1, -0.05) is 12.1 Å². The van der Waals surface area contributed by atoms with Gasteiger partial charge >= 0.3 is 0 Å². The maximum Gasteiger partial charge on any atom is 0.198 e. The molecule has 3 rings (SSSR count). The number of nitrogens with zero attached hydrogens (tertiary/aromatic N) is 2. The normalized spacial score (nSPS) is 13.8. The monoisotopic (exact) mass is 341 g/mol. The van der Waals surface area contributed by atoms with Crippen molar-refractivity contribution >= 4 is 27.6 Å². The van der Waals surface area contributed by atoms with Crippen molar-refractivity contribution in [1.82, 2.24) is 15.0 Å². The van der Waals surface area contributed by atoms with Gasteiger partial charge in [0, 0.05) is 11.8 Å². The van der Waals surface area contributed by atoms with Gasteiger partial charge in [0.25, 0.3) is 0 Å². The first kappa shape index (κ1) is 16.5. The molecule has 0 aliphatic rings. The van der Waals surface area contributed by atoms with Gasteiger partial charge in [-0.3, -0.25) is 14.0 Å². The highest BCUT2D eigenvalue weighted by Gasteiger charge is 2.24. The molecule has 0 saturated heterocycles. The summed E-state index contributed by atoms with van der Waals surface area (Å²) in [5.74, 6) is -0.00429. The van der Waals surface area contributed by atoms with E-state index in [4.69, 9.17) is 0 Å². The number of Topliss-reactive ketones (excluding diaryl/α,β-unsaturated/α-hetero) is 1. The van der Waals surface area contributed by atoms with E-state index in [2.05, 4.69) is 15.0 Å². The number of H-pyrrole nitrogens is 1. The van der Waals surface area contributed by atoms with Crippen LogP contribution in [0.15, 0.2) is 35.6 Å². The number of nitrogens with one attached hydrogen (secondary N) is 1. The average Bonchev–Trinajstić information content (AvgIpc) is 2.97. The van der Waals surface area contributed by atoms with E-state index in [0.717, 1.165) is 22.2 Å². The smallest absolute Gasteiger partial charge is 0.198 e. The van der Waals surface area contributed by atoms with Gasteiger partial charge in [-0.05, 0) is 51.0 Å². The Morgan fingerprint density at radius 3 is 2.62 bits per heavy atom. The minimum atomic E-state index is -1.39. The minimum Gasteiger partial charge on any atom is -0.331 e. The number of imidazole rings is 1. The molecule has 0 amide bonds. The number of hydrogen-bond acceptors (Lipinski definition) is 4. The van der Waals surface area contributed by atoms with E-state index in [1.165, 1.54) is 0 Å². The summed E-state index contributed by atoms with van der Waals surface area (Å²) in [6, 6.07) is 7.57. The lowest BCUT2D eigenvalue weighted by Crippen LogP contribution is -2.12. The average molecular weight is 341 g/mol. The van der Waals surface area contributed by atoms with Crippen LogP contribution in [0.1, 0.15) is 46.3 Å². The van der Waals surface area contributed by atoms with E-state index in [9.17, 15) is 9.00 Å². The zero-order valence-electron chi connectivity index (χ0n) is 14.1. The number of carbonyl (C=O) groups is 1. The zero-order chi connectivity index (χ0) is 17.4. The molecule has 124 valence electrons. The summed E-state index contributed by atoms with van der Waals surface area (Å²) in [5.41, 5.74) is 4.60. The summed E-state index contributed by atoms with van der Waals surface area (Å²) in [7, 11) is -1.39. The van der Waals surface area contributed by atoms with E-state index < -0.39 is 10.8 Å². The third kappa shape index (κ3) is 2.78. The van der Waals surface area contributed by atoms with E-state index in [1.807, 2.05) is 45.0 Å². The van der Waals surface area contributed by atoms with Gasteiger partial charge in [0.2, 0.25) is 0 Å². The van der Waals surface area contributed by atoms with E-state index >= 15 is 0 Å². The van der Waals surface area contributed by atoms with Gasteiger partial charge in [-0.15, -0.1) is 0 Å². The Bertz CT molecular complexity index is 929. The van der Waals surface area contributed by atoms with Crippen molar-refractivity contribution < 1.29 is 9.00 Å². The highest BCUT2D eigenvalue weighted by molar-refractivity contribution is 7.85. The van der Waals surface area contributed by atoms with Gasteiger partial charge < -0.3 is 4.98 Å². The second-order valence-corrected chi connectivity index (χ2v) is 7.57. The van der Waals surface area contributed by atoms with Crippen molar-refractivity contribution in [2.45, 2.75) is 38.1 Å². The van der Waals surface area contributed by atoms with Crippen LogP contribution in [0.2, 0.25) is 0 Å². The molecule has 24 heavy (non-hydrogen) atoms. The third-order valence-corrected chi connectivity index (χ3v) is 5.61. The van der Waals surface area contributed by atoms with Gasteiger partial charge in [-0.2, -0.15) is 0 Å². The lowest BCUT2D eigenvalue weighted by atomic mass is 9.99. The molecule has 3 aromatic rings. The van der Waals surface area contributed by atoms with Crippen molar-refractivity contribution in [3.8, 4) is 0 Å². The molecule has 0 radical (unpaired) electrons. The zero-order valence-corrected chi connectivity index (χ0v) is 14.9. The maximum absolute atomic E-state index is 12.9. The molecule has 2 aromatic heterocycles. The number of aryl methyl sites for hydroxylation is 1. The van der Waals surface area contributed by atoms with E-state index in [-0.39, 0.29) is 11.0 Å². The van der Waals surface area contributed by atoms with E-state index in [0.29, 0.717) is 16.4 Å². The number of carbonyl (C=O) groups excluding carboxylic acids is 1. The molecule has 0 aliphatic carbocycles. The topological polar surface area (TPSA) is 75.7 Å². The fourth-order valence-corrected chi connectivity index (χ4v) is 4.17. The summed E-state index contributed by atoms with van der Waals surface area (Å²) in [6.45, 7) is 7.11. The molecule has 2 heterocycles. The predicted molar refractivity (Wildman–Crippen MR) is 94.6 cm³/mol. The molecule has 5 nitrogen and oxygen atoms in total. The molecule has 6 heteroatoms. The number of aromatic amines is 1. The molecule has 0 bridgehead atoms. The molecular weight excluding hydrogens is 322 g/mol. The van der Waals surface area contributed by atoms with Crippen LogP contribution in [0, 0.1) is 13.8 Å². The van der Waals surface area contributed by atoms with Gasteiger partial charge in [0.15, 0.2) is 10.9 Å². The summed E-state index contributed by atoms with van der Waals surface area (Å²) < 4.78 is 12.9. The number of pyridine rings is 1. The highest BCUT2D eigenvalue weighted by Crippen LogP contribution is 2.28. The number of para-hydroxylation sites is 2. The highest BCUT2D eigenvalue weighted by atomic mass is 32.2. The Morgan fingerprint density at radius 2 is 1.96 bits per heavy atom. The Morgan fingerprint density at radius 1 is 1.25 bits per heavy atom. The Labute approximate surface area is 143 Å². The Kier molecular flexibility index (Phi) is 4.32. The van der Waals surface area contributed by atoms with Crippen LogP contribution in [0.25, 0.3) is 11.0 Å². The van der Waals surface area contributed by atoms with Crippen LogP contribution in [-0.4, -0.2) is 24.9 Å². The SMILES string of the molecule is CC(=O)c1c(C)cnc(C(C)S(=O)c2nc3ccccc3[nH]2)c1C. The lowest BCUT2D eigenvalue weighted by molar-refractivity contribution is 0.101. The van der Waals surface area contributed by atoms with Crippen LogP contribution in [-0.2, 0) is 10.8 Å². The lowest BCUT2D eigenvalue weighted by Gasteiger charge is -2.15. The van der Waals surface area contributed by atoms with Crippen LogP contribution < -0.4 is 0 Å². The number of fused-ring (bicyclic) bond motifs is 1. The molecule has 0 aliphatic heterocycles. The van der Waals surface area contributed by atoms with Gasteiger partial charge in [0.1, 0.15) is 0 Å². The third-order valence-electron chi connectivity index (χ3n) is 4.17. The standard InChI is InChI=1S/C18H19N3O2S/c1-10-9-19-17(11(2)16(10)12(3)22)13(4)24(23)18-20-14-7-5-6-8-15(14)21-18/h5-9,13H,1-4H3,(H,20,21). The predicted octanol–water partition coefficient (Wildman–Crippen LogP) is 3.65. The Balaban J connectivity index is 2.02. The number of hydrogen-bond donors (Lipinski definition) is 1. The number of rotatable bonds is 4. The van der Waals surface area contributed by atoms with E-state index in [1.54, 1.807) is 13.1 Å². The first-order valence-corrected chi connectivity index (χ1v) is 8.93. The summed E-state index contributed by atoms with van der Waals surface area (Å²) in [4.78, 5) is 23.9. The molecule has 1 aromatic carbocycles. The molecule has 0 saturated carbocycles. The summed E-state index contributed by atoms with van der Waals surface area (Å²) in [6.07, 6.45) is 1.67. The molecule has 0 fully saturated rings. The van der Waals surface area contributed by atoms with Gasteiger partial charge in [-0.25, -0.2) is 4.98 Å². The first-order chi connectivity index (χ1) is 11.4. The van der Waals surface area contributed by atoms with Crippen molar-refractivity contribution in [2.24, 2.45) is 0 Å². The fourth-order valence-electron chi connectivity index (χ4n) is 3.00.